The van der Waals surface area contributed by atoms with Crippen LogP contribution in [0.3, 0.4) is 0 Å². The number of ether oxygens (including phenoxy) is 1. The Morgan fingerprint density at radius 3 is 2.71 bits per heavy atom. The highest BCUT2D eigenvalue weighted by atomic mass is 17.3. The molecule has 0 aromatic rings. The first-order valence-corrected chi connectivity index (χ1v) is 6.95. The molecule has 0 aromatic carbocycles. The average molecular weight is 240 g/mol. The molecule has 2 bridgehead atoms. The molecule has 4 fully saturated rings. The Morgan fingerprint density at radius 2 is 2.00 bits per heavy atom. The van der Waals surface area contributed by atoms with Gasteiger partial charge in [0.15, 0.2) is 0 Å². The van der Waals surface area contributed by atoms with E-state index in [-0.39, 0.29) is 6.10 Å². The molecule has 2 spiro atoms. The first-order chi connectivity index (χ1) is 8.20. The summed E-state index contributed by atoms with van der Waals surface area (Å²) in [5, 5.41) is 9.78. The monoisotopic (exact) mass is 240 g/mol. The summed E-state index contributed by atoms with van der Waals surface area (Å²) in [6.45, 7) is 0. The highest BCUT2D eigenvalue weighted by Crippen LogP contribution is 2.58. The van der Waals surface area contributed by atoms with Gasteiger partial charge in [-0.05, 0) is 38.0 Å². The summed E-state index contributed by atoms with van der Waals surface area (Å²) < 4.78 is 6.24. The topological polar surface area (TPSA) is 47.9 Å². The highest BCUT2D eigenvalue weighted by Gasteiger charge is 2.63. The number of fused-ring (bicyclic) bond motifs is 3. The number of aliphatic hydroxyl groups is 1. The van der Waals surface area contributed by atoms with Gasteiger partial charge in [-0.2, -0.15) is 9.78 Å². The predicted octanol–water partition coefficient (Wildman–Crippen LogP) is 2.11. The van der Waals surface area contributed by atoms with E-state index in [9.17, 15) is 5.11 Å². The van der Waals surface area contributed by atoms with E-state index in [1.54, 1.807) is 0 Å². The Hall–Kier alpha value is -0.160. The summed E-state index contributed by atoms with van der Waals surface area (Å²) in [7, 11) is 0. The summed E-state index contributed by atoms with van der Waals surface area (Å²) in [6.07, 6.45) is 7.64. The van der Waals surface area contributed by atoms with E-state index in [4.69, 9.17) is 14.5 Å². The molecule has 96 valence electrons. The number of rotatable bonds is 0. The summed E-state index contributed by atoms with van der Waals surface area (Å²) in [5.74, 6) is 0.139. The third-order valence-electron chi connectivity index (χ3n) is 5.07. The third kappa shape index (κ3) is 1.51. The smallest absolute Gasteiger partial charge is 0.207 e. The minimum Gasteiger partial charge on any atom is -0.393 e. The predicted molar refractivity (Wildman–Crippen MR) is 58.6 cm³/mol. The second kappa shape index (κ2) is 3.44. The van der Waals surface area contributed by atoms with Crippen molar-refractivity contribution >= 4 is 0 Å². The first kappa shape index (κ1) is 10.7. The zero-order chi connectivity index (χ0) is 11.5. The van der Waals surface area contributed by atoms with E-state index in [1.165, 1.54) is 19.3 Å². The van der Waals surface area contributed by atoms with Crippen LogP contribution in [-0.4, -0.2) is 22.8 Å². The van der Waals surface area contributed by atoms with Gasteiger partial charge in [0.25, 0.3) is 0 Å². The van der Waals surface area contributed by atoms with Gasteiger partial charge < -0.3 is 9.84 Å². The molecule has 3 saturated carbocycles. The first-order valence-electron chi connectivity index (χ1n) is 6.95. The lowest BCUT2D eigenvalue weighted by atomic mass is 9.90. The Kier molecular flexibility index (Phi) is 2.17. The molecule has 5 atom stereocenters. The van der Waals surface area contributed by atoms with Crippen LogP contribution in [0.25, 0.3) is 0 Å². The number of hydrogen-bond donors (Lipinski definition) is 1. The number of hydrogen-bond acceptors (Lipinski definition) is 4. The normalized spacial score (nSPS) is 57.4. The largest absolute Gasteiger partial charge is 0.393 e. The van der Waals surface area contributed by atoms with Crippen LogP contribution in [0.1, 0.15) is 51.4 Å². The van der Waals surface area contributed by atoms with Crippen LogP contribution in [0.2, 0.25) is 0 Å². The molecular weight excluding hydrogens is 220 g/mol. The lowest BCUT2D eigenvalue weighted by molar-refractivity contribution is -0.363. The van der Waals surface area contributed by atoms with E-state index in [2.05, 4.69) is 0 Å². The minimum atomic E-state index is -0.651. The number of aliphatic hydroxyl groups excluding tert-OH is 1. The van der Waals surface area contributed by atoms with E-state index in [1.807, 2.05) is 0 Å². The summed E-state index contributed by atoms with van der Waals surface area (Å²) >= 11 is 0. The highest BCUT2D eigenvalue weighted by molar-refractivity contribution is 5.00. The van der Waals surface area contributed by atoms with E-state index in [0.29, 0.717) is 12.3 Å². The molecule has 0 amide bonds. The maximum Gasteiger partial charge on any atom is 0.207 e. The Labute approximate surface area is 101 Å². The molecule has 1 aliphatic heterocycles. The van der Waals surface area contributed by atoms with Crippen molar-refractivity contribution in [3.8, 4) is 0 Å². The van der Waals surface area contributed by atoms with Gasteiger partial charge in [0.2, 0.25) is 11.6 Å². The zero-order valence-electron chi connectivity index (χ0n) is 10.1. The molecule has 0 radical (unpaired) electrons. The molecule has 4 heteroatoms. The fourth-order valence-electron chi connectivity index (χ4n) is 4.29. The lowest BCUT2D eigenvalue weighted by Crippen LogP contribution is -2.43. The molecule has 2 unspecified atom stereocenters. The maximum atomic E-state index is 9.78. The van der Waals surface area contributed by atoms with Crippen LogP contribution < -0.4 is 0 Å². The summed E-state index contributed by atoms with van der Waals surface area (Å²) in [5.41, 5.74) is 0. The van der Waals surface area contributed by atoms with Crippen molar-refractivity contribution in [3.63, 3.8) is 0 Å². The molecule has 17 heavy (non-hydrogen) atoms. The average Bonchev–Trinajstić information content (AvgIpc) is 2.94. The lowest BCUT2D eigenvalue weighted by Gasteiger charge is -2.35. The van der Waals surface area contributed by atoms with Crippen molar-refractivity contribution in [2.75, 3.05) is 0 Å². The molecule has 1 saturated heterocycles. The van der Waals surface area contributed by atoms with Gasteiger partial charge in [0, 0.05) is 25.2 Å². The van der Waals surface area contributed by atoms with Crippen molar-refractivity contribution in [2.24, 2.45) is 11.8 Å². The van der Waals surface area contributed by atoms with Crippen LogP contribution >= 0.6 is 0 Å². The van der Waals surface area contributed by atoms with Gasteiger partial charge in [-0.1, -0.05) is 0 Å². The molecule has 4 rings (SSSR count). The molecule has 4 nitrogen and oxygen atoms in total. The second-order valence-corrected chi connectivity index (χ2v) is 6.32. The van der Waals surface area contributed by atoms with E-state index in [0.717, 1.165) is 31.6 Å². The molecule has 0 aromatic heterocycles. The van der Waals surface area contributed by atoms with Crippen molar-refractivity contribution in [1.29, 1.82) is 0 Å². The van der Waals surface area contributed by atoms with Gasteiger partial charge in [-0.25, -0.2) is 0 Å². The van der Waals surface area contributed by atoms with Crippen LogP contribution in [0.15, 0.2) is 0 Å². The molecular formula is C13H20O4. The molecule has 3 aliphatic carbocycles. The molecule has 1 N–H and O–H groups in total. The standard InChI is InChI=1S/C13H20O4/c14-11-2-1-5-12(8-11)15-13(17-16-12)7-9-3-4-10(13)6-9/h9-11,14H,1-8H2/t9-,10+,11?,12?,13+/m1/s1. The fraction of sp³-hybridized carbons (Fsp3) is 1.00. The molecule has 4 aliphatic rings. The van der Waals surface area contributed by atoms with Crippen LogP contribution in [0.4, 0.5) is 0 Å². The fourth-order valence-corrected chi connectivity index (χ4v) is 4.29. The molecule has 1 heterocycles. The van der Waals surface area contributed by atoms with Gasteiger partial charge in [-0.3, -0.25) is 0 Å². The van der Waals surface area contributed by atoms with Gasteiger partial charge in [0.05, 0.1) is 6.10 Å². The van der Waals surface area contributed by atoms with Crippen LogP contribution in [-0.2, 0) is 14.5 Å². The van der Waals surface area contributed by atoms with Crippen LogP contribution in [0.5, 0.6) is 0 Å². The quantitative estimate of drug-likeness (QED) is 0.659. The summed E-state index contributed by atoms with van der Waals surface area (Å²) in [6, 6.07) is 0. The van der Waals surface area contributed by atoms with Crippen molar-refractivity contribution in [2.45, 2.75) is 69.0 Å². The minimum absolute atomic E-state index is 0.305. The second-order valence-electron chi connectivity index (χ2n) is 6.32. The van der Waals surface area contributed by atoms with E-state index < -0.39 is 11.6 Å². The third-order valence-corrected chi connectivity index (χ3v) is 5.07. The zero-order valence-corrected chi connectivity index (χ0v) is 10.1. The Bertz CT molecular complexity index is 333. The van der Waals surface area contributed by atoms with Gasteiger partial charge in [-0.15, -0.1) is 0 Å². The van der Waals surface area contributed by atoms with Gasteiger partial charge >= 0.3 is 0 Å². The van der Waals surface area contributed by atoms with Gasteiger partial charge in [0.1, 0.15) is 0 Å². The Balaban J connectivity index is 1.55. The van der Waals surface area contributed by atoms with Crippen molar-refractivity contribution < 1.29 is 19.6 Å². The van der Waals surface area contributed by atoms with E-state index >= 15 is 0 Å². The summed E-state index contributed by atoms with van der Waals surface area (Å²) in [4.78, 5) is 11.2. The SMILES string of the molecule is OC1CCCC2(C1)OO[C@]1(C[C@@H]3CC[C@H]1C3)O2. The van der Waals surface area contributed by atoms with Crippen LogP contribution in [0, 0.1) is 11.8 Å². The van der Waals surface area contributed by atoms with Crippen molar-refractivity contribution in [1.82, 2.24) is 0 Å². The Morgan fingerprint density at radius 1 is 1.06 bits per heavy atom. The maximum absolute atomic E-state index is 9.78. The van der Waals surface area contributed by atoms with Crippen molar-refractivity contribution in [3.05, 3.63) is 0 Å².